The summed E-state index contributed by atoms with van der Waals surface area (Å²) in [7, 11) is 0. The summed E-state index contributed by atoms with van der Waals surface area (Å²) in [5, 5.41) is 21.8. The molecule has 0 unspecified atom stereocenters. The van der Waals surface area contributed by atoms with Gasteiger partial charge in [-0.15, -0.1) is 16.4 Å². The predicted octanol–water partition coefficient (Wildman–Crippen LogP) is 2.91. The van der Waals surface area contributed by atoms with E-state index in [1.165, 1.54) is 11.2 Å². The smallest absolute Gasteiger partial charge is 0.253 e. The minimum absolute atomic E-state index is 0.255. The summed E-state index contributed by atoms with van der Waals surface area (Å²) in [6, 6.07) is 5.55. The van der Waals surface area contributed by atoms with Gasteiger partial charge in [0.25, 0.3) is 5.91 Å². The number of H-pyrrole nitrogens is 1. The fourth-order valence-corrected chi connectivity index (χ4v) is 4.52. The number of carbonyl (C=O) groups is 1. The van der Waals surface area contributed by atoms with Crippen LogP contribution in [0.3, 0.4) is 0 Å². The SMILES string of the molecule is CCCc1nnnn1-c1cc(C(=O)N[C@@H](C)c2ncn[nH]2)cn2c(-c3ccc(C)s3)cnc12. The van der Waals surface area contributed by atoms with Crippen LogP contribution in [0.2, 0.25) is 0 Å². The molecule has 0 radical (unpaired) electrons. The number of hydrogen-bond donors (Lipinski definition) is 2. The summed E-state index contributed by atoms with van der Waals surface area (Å²) >= 11 is 1.67. The summed E-state index contributed by atoms with van der Waals surface area (Å²) in [5.41, 5.74) is 2.66. The Hall–Kier alpha value is -3.93. The Labute approximate surface area is 192 Å². The molecule has 12 heteroatoms. The van der Waals surface area contributed by atoms with E-state index in [0.29, 0.717) is 35.0 Å². The first kappa shape index (κ1) is 20.9. The molecule has 0 saturated heterocycles. The lowest BCUT2D eigenvalue weighted by Gasteiger charge is -2.13. The van der Waals surface area contributed by atoms with Gasteiger partial charge in [-0.2, -0.15) is 9.78 Å². The summed E-state index contributed by atoms with van der Waals surface area (Å²) in [5.74, 6) is 1.03. The fraction of sp³-hybridized carbons (Fsp3) is 0.286. The van der Waals surface area contributed by atoms with Gasteiger partial charge in [0, 0.05) is 17.5 Å². The van der Waals surface area contributed by atoms with E-state index in [2.05, 4.69) is 67.0 Å². The maximum Gasteiger partial charge on any atom is 0.253 e. The van der Waals surface area contributed by atoms with Crippen LogP contribution in [0.5, 0.6) is 0 Å². The topological polar surface area (TPSA) is 132 Å². The zero-order chi connectivity index (χ0) is 22.9. The fourth-order valence-electron chi connectivity index (χ4n) is 3.65. The van der Waals surface area contributed by atoms with Gasteiger partial charge in [0.15, 0.2) is 11.5 Å². The minimum Gasteiger partial charge on any atom is -0.342 e. The Kier molecular flexibility index (Phi) is 5.42. The van der Waals surface area contributed by atoms with Crippen LogP contribution in [0.4, 0.5) is 0 Å². The van der Waals surface area contributed by atoms with Crippen LogP contribution in [0.25, 0.3) is 21.9 Å². The van der Waals surface area contributed by atoms with Crippen molar-refractivity contribution in [2.75, 3.05) is 0 Å². The van der Waals surface area contributed by atoms with E-state index in [4.69, 9.17) is 0 Å². The number of nitrogens with zero attached hydrogens (tertiary/aromatic N) is 8. The highest BCUT2D eigenvalue weighted by Crippen LogP contribution is 2.30. The molecule has 0 aliphatic rings. The molecule has 0 bridgehead atoms. The zero-order valence-electron chi connectivity index (χ0n) is 18.3. The first-order valence-electron chi connectivity index (χ1n) is 10.6. The van der Waals surface area contributed by atoms with Crippen LogP contribution in [-0.2, 0) is 6.42 Å². The van der Waals surface area contributed by atoms with E-state index in [-0.39, 0.29) is 11.9 Å². The van der Waals surface area contributed by atoms with E-state index in [1.54, 1.807) is 28.3 Å². The largest absolute Gasteiger partial charge is 0.342 e. The second kappa shape index (κ2) is 8.54. The number of nitrogens with one attached hydrogen (secondary N) is 2. The molecule has 33 heavy (non-hydrogen) atoms. The van der Waals surface area contributed by atoms with Gasteiger partial charge < -0.3 is 5.32 Å². The van der Waals surface area contributed by atoms with Gasteiger partial charge in [-0.3, -0.25) is 14.3 Å². The second-order valence-corrected chi connectivity index (χ2v) is 8.97. The molecule has 0 spiro atoms. The lowest BCUT2D eigenvalue weighted by Crippen LogP contribution is -2.28. The van der Waals surface area contributed by atoms with E-state index >= 15 is 0 Å². The molecular formula is C21H22N10OS. The van der Waals surface area contributed by atoms with Crippen LogP contribution in [-0.4, -0.2) is 50.7 Å². The van der Waals surface area contributed by atoms with Crippen LogP contribution < -0.4 is 5.32 Å². The Morgan fingerprint density at radius 1 is 1.30 bits per heavy atom. The molecule has 5 rings (SSSR count). The van der Waals surface area contributed by atoms with Crippen molar-refractivity contribution in [1.82, 2.24) is 50.1 Å². The van der Waals surface area contributed by atoms with Crippen molar-refractivity contribution in [3.8, 4) is 16.3 Å². The Bertz CT molecular complexity index is 1410. The zero-order valence-corrected chi connectivity index (χ0v) is 19.2. The third-order valence-electron chi connectivity index (χ3n) is 5.27. The number of hydrogen-bond acceptors (Lipinski definition) is 8. The van der Waals surface area contributed by atoms with Crippen molar-refractivity contribution in [3.05, 3.63) is 59.0 Å². The van der Waals surface area contributed by atoms with Crippen molar-refractivity contribution in [2.45, 2.75) is 39.7 Å². The van der Waals surface area contributed by atoms with Crippen molar-refractivity contribution >= 4 is 22.9 Å². The number of carbonyl (C=O) groups excluding carboxylic acids is 1. The van der Waals surface area contributed by atoms with Crippen molar-refractivity contribution in [1.29, 1.82) is 0 Å². The number of rotatable bonds is 7. The van der Waals surface area contributed by atoms with Crippen molar-refractivity contribution in [2.24, 2.45) is 0 Å². The Morgan fingerprint density at radius 2 is 2.18 bits per heavy atom. The summed E-state index contributed by atoms with van der Waals surface area (Å²) in [6.07, 6.45) is 6.61. The minimum atomic E-state index is -0.343. The molecule has 1 atom stereocenters. The van der Waals surface area contributed by atoms with E-state index in [9.17, 15) is 4.79 Å². The van der Waals surface area contributed by atoms with Gasteiger partial charge in [0.2, 0.25) is 0 Å². The molecule has 5 aromatic rings. The molecule has 168 valence electrons. The van der Waals surface area contributed by atoms with Gasteiger partial charge in [0.05, 0.1) is 28.4 Å². The molecule has 0 aliphatic carbocycles. The lowest BCUT2D eigenvalue weighted by molar-refractivity contribution is 0.0938. The quantitative estimate of drug-likeness (QED) is 0.380. The summed E-state index contributed by atoms with van der Waals surface area (Å²) < 4.78 is 3.58. The number of aromatic amines is 1. The van der Waals surface area contributed by atoms with Gasteiger partial charge >= 0.3 is 0 Å². The number of tetrazole rings is 1. The second-order valence-electron chi connectivity index (χ2n) is 7.68. The third kappa shape index (κ3) is 3.89. The molecule has 0 aromatic carbocycles. The highest BCUT2D eigenvalue weighted by atomic mass is 32.1. The molecule has 5 aromatic heterocycles. The van der Waals surface area contributed by atoms with E-state index < -0.39 is 0 Å². The van der Waals surface area contributed by atoms with Gasteiger partial charge in [-0.25, -0.2) is 9.97 Å². The lowest BCUT2D eigenvalue weighted by atomic mass is 10.2. The normalized spacial score (nSPS) is 12.3. The molecule has 0 fully saturated rings. The number of thiophene rings is 1. The Balaban J connectivity index is 1.64. The van der Waals surface area contributed by atoms with Crippen molar-refractivity contribution in [3.63, 3.8) is 0 Å². The third-order valence-corrected chi connectivity index (χ3v) is 6.29. The monoisotopic (exact) mass is 462 g/mol. The number of aromatic nitrogens is 9. The van der Waals surface area contributed by atoms with Crippen LogP contribution in [0, 0.1) is 6.92 Å². The molecule has 5 heterocycles. The maximum atomic E-state index is 13.2. The predicted molar refractivity (Wildman–Crippen MR) is 122 cm³/mol. The molecule has 2 N–H and O–H groups in total. The average Bonchev–Trinajstić information content (AvgIpc) is 3.59. The summed E-state index contributed by atoms with van der Waals surface area (Å²) in [6.45, 7) is 5.97. The number of aryl methyl sites for hydroxylation is 2. The maximum absolute atomic E-state index is 13.2. The van der Waals surface area contributed by atoms with E-state index in [1.807, 2.05) is 17.5 Å². The molecule has 0 aliphatic heterocycles. The molecule has 1 amide bonds. The summed E-state index contributed by atoms with van der Waals surface area (Å²) in [4.78, 5) is 24.3. The molecule has 0 saturated carbocycles. The van der Waals surface area contributed by atoms with Gasteiger partial charge in [-0.1, -0.05) is 6.92 Å². The van der Waals surface area contributed by atoms with Crippen LogP contribution >= 0.6 is 11.3 Å². The van der Waals surface area contributed by atoms with Crippen LogP contribution in [0.1, 0.15) is 53.2 Å². The number of amides is 1. The molecular weight excluding hydrogens is 440 g/mol. The first-order valence-corrected chi connectivity index (χ1v) is 11.4. The first-order chi connectivity index (χ1) is 16.0. The highest BCUT2D eigenvalue weighted by Gasteiger charge is 2.21. The number of pyridine rings is 1. The standard InChI is InChI=1S/C21H22N10OS/c1-4-5-18-26-28-29-31(18)15-8-14(21(32)25-13(3)19-23-11-24-27-19)10-30-16(9-22-20(15)30)17-7-6-12(2)33-17/h6-11,13H,4-5H2,1-3H3,(H,25,32)(H,23,24,27)/t13-/m0/s1. The van der Waals surface area contributed by atoms with Crippen molar-refractivity contribution < 1.29 is 4.79 Å². The van der Waals surface area contributed by atoms with Gasteiger partial charge in [-0.05, 0) is 48.9 Å². The highest BCUT2D eigenvalue weighted by molar-refractivity contribution is 7.15. The van der Waals surface area contributed by atoms with Crippen LogP contribution in [0.15, 0.2) is 36.9 Å². The number of imidazole rings is 1. The molecule has 11 nitrogen and oxygen atoms in total. The van der Waals surface area contributed by atoms with Gasteiger partial charge in [0.1, 0.15) is 17.8 Å². The Morgan fingerprint density at radius 3 is 2.91 bits per heavy atom. The van der Waals surface area contributed by atoms with E-state index in [0.717, 1.165) is 17.0 Å². The number of fused-ring (bicyclic) bond motifs is 1. The average molecular weight is 463 g/mol.